The summed E-state index contributed by atoms with van der Waals surface area (Å²) >= 11 is 0. The van der Waals surface area contributed by atoms with E-state index >= 15 is 0 Å². The minimum atomic E-state index is -3.92. The van der Waals surface area contributed by atoms with E-state index in [1.54, 1.807) is 13.8 Å². The Morgan fingerprint density at radius 1 is 1.47 bits per heavy atom. The van der Waals surface area contributed by atoms with E-state index in [0.29, 0.717) is 12.0 Å². The molecule has 0 aliphatic rings. The first-order valence-electron chi connectivity index (χ1n) is 5.30. The van der Waals surface area contributed by atoms with Crippen LogP contribution in [0.3, 0.4) is 0 Å². The highest BCUT2D eigenvalue weighted by Gasteiger charge is 2.22. The molecule has 1 rings (SSSR count). The van der Waals surface area contributed by atoms with Crippen molar-refractivity contribution in [3.63, 3.8) is 0 Å². The summed E-state index contributed by atoms with van der Waals surface area (Å²) in [6.45, 7) is 3.10. The molecule has 1 aromatic carbocycles. The molecular formula is C11H16FNO3S. The summed E-state index contributed by atoms with van der Waals surface area (Å²) in [5.41, 5.74) is 0.656. The first-order valence-corrected chi connectivity index (χ1v) is 6.78. The number of aliphatic hydroxyl groups is 1. The van der Waals surface area contributed by atoms with E-state index in [0.717, 1.165) is 6.07 Å². The highest BCUT2D eigenvalue weighted by molar-refractivity contribution is 7.89. The SMILES string of the molecule is CC[C@@H](CO)NS(=O)(=O)c1cc(C)ccc1F. The van der Waals surface area contributed by atoms with Crippen molar-refractivity contribution in [3.05, 3.63) is 29.6 Å². The van der Waals surface area contributed by atoms with Gasteiger partial charge in [-0.25, -0.2) is 17.5 Å². The maximum Gasteiger partial charge on any atom is 0.243 e. The number of rotatable bonds is 5. The van der Waals surface area contributed by atoms with Crippen molar-refractivity contribution >= 4 is 10.0 Å². The molecular weight excluding hydrogens is 245 g/mol. The third-order valence-electron chi connectivity index (χ3n) is 2.41. The molecule has 0 saturated carbocycles. The van der Waals surface area contributed by atoms with Gasteiger partial charge in [0.2, 0.25) is 10.0 Å². The number of hydrogen-bond acceptors (Lipinski definition) is 3. The Hall–Kier alpha value is -0.980. The van der Waals surface area contributed by atoms with Crippen molar-refractivity contribution in [2.45, 2.75) is 31.2 Å². The third-order valence-corrected chi connectivity index (χ3v) is 3.95. The van der Waals surface area contributed by atoms with Gasteiger partial charge < -0.3 is 5.11 Å². The topological polar surface area (TPSA) is 66.4 Å². The molecule has 0 heterocycles. The Balaban J connectivity index is 3.09. The molecule has 0 spiro atoms. The molecule has 17 heavy (non-hydrogen) atoms. The van der Waals surface area contributed by atoms with Crippen LogP contribution in [0.1, 0.15) is 18.9 Å². The monoisotopic (exact) mass is 261 g/mol. The average molecular weight is 261 g/mol. The highest BCUT2D eigenvalue weighted by atomic mass is 32.2. The standard InChI is InChI=1S/C11H16FNO3S/c1-3-9(7-14)13-17(15,16)11-6-8(2)4-5-10(11)12/h4-6,9,13-14H,3,7H2,1-2H3/t9-/m0/s1. The zero-order valence-corrected chi connectivity index (χ0v) is 10.6. The number of nitrogens with one attached hydrogen (secondary N) is 1. The van der Waals surface area contributed by atoms with Gasteiger partial charge in [0.25, 0.3) is 0 Å². The van der Waals surface area contributed by atoms with Crippen molar-refractivity contribution in [2.24, 2.45) is 0 Å². The lowest BCUT2D eigenvalue weighted by molar-refractivity contribution is 0.253. The van der Waals surface area contributed by atoms with Gasteiger partial charge in [0.15, 0.2) is 0 Å². The number of aliphatic hydroxyl groups excluding tert-OH is 1. The van der Waals surface area contributed by atoms with Crippen LogP contribution < -0.4 is 4.72 Å². The van der Waals surface area contributed by atoms with Gasteiger partial charge in [0.1, 0.15) is 10.7 Å². The molecule has 0 saturated heterocycles. The zero-order chi connectivity index (χ0) is 13.1. The first kappa shape index (κ1) is 14.1. The number of benzene rings is 1. The fourth-order valence-electron chi connectivity index (χ4n) is 1.35. The fraction of sp³-hybridized carbons (Fsp3) is 0.455. The van der Waals surface area contributed by atoms with Crippen LogP contribution in [0.5, 0.6) is 0 Å². The van der Waals surface area contributed by atoms with Crippen LogP contribution in [0.2, 0.25) is 0 Å². The molecule has 2 N–H and O–H groups in total. The molecule has 0 radical (unpaired) electrons. The van der Waals surface area contributed by atoms with Crippen LogP contribution in [0.4, 0.5) is 4.39 Å². The Morgan fingerprint density at radius 3 is 2.65 bits per heavy atom. The van der Waals surface area contributed by atoms with Gasteiger partial charge in [0, 0.05) is 6.04 Å². The predicted octanol–water partition coefficient (Wildman–Crippen LogP) is 1.18. The zero-order valence-electron chi connectivity index (χ0n) is 9.77. The van der Waals surface area contributed by atoms with Gasteiger partial charge in [0.05, 0.1) is 6.61 Å². The predicted molar refractivity (Wildman–Crippen MR) is 62.6 cm³/mol. The van der Waals surface area contributed by atoms with Gasteiger partial charge >= 0.3 is 0 Å². The minimum absolute atomic E-state index is 0.316. The van der Waals surface area contributed by atoms with E-state index in [1.807, 2.05) is 0 Å². The molecule has 0 aliphatic carbocycles. The highest BCUT2D eigenvalue weighted by Crippen LogP contribution is 2.16. The fourth-order valence-corrected chi connectivity index (χ4v) is 2.82. The van der Waals surface area contributed by atoms with Gasteiger partial charge in [-0.2, -0.15) is 0 Å². The smallest absolute Gasteiger partial charge is 0.243 e. The van der Waals surface area contributed by atoms with Crippen LogP contribution in [0, 0.1) is 12.7 Å². The molecule has 4 nitrogen and oxygen atoms in total. The second-order valence-corrected chi connectivity index (χ2v) is 5.53. The summed E-state index contributed by atoms with van der Waals surface area (Å²) in [5, 5.41) is 8.94. The number of hydrogen-bond donors (Lipinski definition) is 2. The summed E-state index contributed by atoms with van der Waals surface area (Å²) in [7, 11) is -3.92. The van der Waals surface area contributed by atoms with Gasteiger partial charge in [-0.3, -0.25) is 0 Å². The van der Waals surface area contributed by atoms with Gasteiger partial charge in [-0.15, -0.1) is 0 Å². The van der Waals surface area contributed by atoms with Crippen molar-refractivity contribution in [1.29, 1.82) is 0 Å². The molecule has 0 aliphatic heterocycles. The van der Waals surface area contributed by atoms with Crippen molar-refractivity contribution in [1.82, 2.24) is 4.72 Å². The van der Waals surface area contributed by atoms with Gasteiger partial charge in [-0.1, -0.05) is 13.0 Å². The van der Waals surface area contributed by atoms with E-state index in [1.165, 1.54) is 12.1 Å². The van der Waals surface area contributed by atoms with E-state index in [2.05, 4.69) is 4.72 Å². The molecule has 96 valence electrons. The molecule has 0 fully saturated rings. The van der Waals surface area contributed by atoms with Crippen molar-refractivity contribution < 1.29 is 17.9 Å². The lowest BCUT2D eigenvalue weighted by Crippen LogP contribution is -2.37. The van der Waals surface area contributed by atoms with Gasteiger partial charge in [-0.05, 0) is 31.0 Å². The maximum absolute atomic E-state index is 13.4. The van der Waals surface area contributed by atoms with E-state index < -0.39 is 21.9 Å². The Kier molecular flexibility index (Phi) is 4.62. The summed E-state index contributed by atoms with van der Waals surface area (Å²) in [6, 6.07) is 3.28. The lowest BCUT2D eigenvalue weighted by Gasteiger charge is -2.15. The largest absolute Gasteiger partial charge is 0.395 e. The summed E-state index contributed by atoms with van der Waals surface area (Å²) < 4.78 is 39.4. The second kappa shape index (κ2) is 5.57. The Morgan fingerprint density at radius 2 is 2.12 bits per heavy atom. The molecule has 6 heteroatoms. The summed E-state index contributed by atoms with van der Waals surface area (Å²) in [4.78, 5) is -0.385. The summed E-state index contributed by atoms with van der Waals surface area (Å²) in [5.74, 6) is -0.795. The quantitative estimate of drug-likeness (QED) is 0.836. The molecule has 0 bridgehead atoms. The minimum Gasteiger partial charge on any atom is -0.395 e. The van der Waals surface area contributed by atoms with Crippen molar-refractivity contribution in [2.75, 3.05) is 6.61 Å². The molecule has 1 atom stereocenters. The first-order chi connectivity index (χ1) is 7.90. The van der Waals surface area contributed by atoms with E-state index in [-0.39, 0.29) is 11.5 Å². The third kappa shape index (κ3) is 3.49. The molecule has 1 aromatic rings. The molecule has 0 unspecified atom stereocenters. The Labute approximate surface area is 101 Å². The van der Waals surface area contributed by atoms with Crippen molar-refractivity contribution in [3.8, 4) is 0 Å². The number of halogens is 1. The Bertz CT molecular complexity index is 483. The molecule has 0 aromatic heterocycles. The normalized spacial score (nSPS) is 13.6. The maximum atomic E-state index is 13.4. The number of sulfonamides is 1. The van der Waals surface area contributed by atoms with Crippen LogP contribution in [-0.2, 0) is 10.0 Å². The van der Waals surface area contributed by atoms with Crippen LogP contribution in [0.25, 0.3) is 0 Å². The van der Waals surface area contributed by atoms with E-state index in [4.69, 9.17) is 5.11 Å². The second-order valence-electron chi connectivity index (χ2n) is 3.84. The molecule has 0 amide bonds. The van der Waals surface area contributed by atoms with E-state index in [9.17, 15) is 12.8 Å². The number of aryl methyl sites for hydroxylation is 1. The summed E-state index contributed by atoms with van der Waals surface area (Å²) in [6.07, 6.45) is 0.434. The van der Waals surface area contributed by atoms with Crippen LogP contribution in [-0.4, -0.2) is 26.2 Å². The van der Waals surface area contributed by atoms with Crippen LogP contribution in [0.15, 0.2) is 23.1 Å². The average Bonchev–Trinajstić information content (AvgIpc) is 2.29. The van der Waals surface area contributed by atoms with Crippen LogP contribution >= 0.6 is 0 Å². The lowest BCUT2D eigenvalue weighted by atomic mass is 10.2.